The molecule has 0 aromatic carbocycles. The molecule has 5 heteroatoms. The normalized spacial score (nSPS) is 25.7. The van der Waals surface area contributed by atoms with Crippen LogP contribution in [0.4, 0.5) is 0 Å². The summed E-state index contributed by atoms with van der Waals surface area (Å²) >= 11 is 1.80. The maximum atomic E-state index is 5.79. The first kappa shape index (κ1) is 13.9. The Hall–Kier alpha value is -0.160. The molecule has 2 rings (SSSR count). The third-order valence-electron chi connectivity index (χ3n) is 3.18. The molecule has 3 nitrogen and oxygen atoms in total. The molecule has 0 spiro atoms. The quantitative estimate of drug-likeness (QED) is 0.906. The number of aryl methyl sites for hydroxylation is 1. The van der Waals surface area contributed by atoms with E-state index in [-0.39, 0.29) is 12.4 Å². The predicted molar refractivity (Wildman–Crippen MR) is 71.2 cm³/mol. The van der Waals surface area contributed by atoms with E-state index in [1.807, 2.05) is 6.20 Å². The summed E-state index contributed by atoms with van der Waals surface area (Å²) in [5, 5.41) is 1.16. The molecule has 2 heterocycles. The molecule has 1 atom stereocenters. The molecular formula is C11H20ClN3S. The van der Waals surface area contributed by atoms with Crippen LogP contribution in [0.15, 0.2) is 6.20 Å². The van der Waals surface area contributed by atoms with Gasteiger partial charge in [-0.15, -0.1) is 23.7 Å². The number of rotatable bonds is 3. The second kappa shape index (κ2) is 5.45. The van der Waals surface area contributed by atoms with E-state index in [1.54, 1.807) is 11.3 Å². The second-order valence-electron chi connectivity index (χ2n) is 4.82. The lowest BCUT2D eigenvalue weighted by atomic mass is 9.90. The molecule has 0 amide bonds. The fraction of sp³-hybridized carbons (Fsp3) is 0.727. The molecule has 1 aliphatic heterocycles. The highest BCUT2D eigenvalue weighted by atomic mass is 35.5. The molecule has 1 fully saturated rings. The Labute approximate surface area is 107 Å². The minimum absolute atomic E-state index is 0. The van der Waals surface area contributed by atoms with Crippen molar-refractivity contribution in [2.75, 3.05) is 19.6 Å². The van der Waals surface area contributed by atoms with E-state index < -0.39 is 0 Å². The van der Waals surface area contributed by atoms with Gasteiger partial charge in [0.2, 0.25) is 0 Å². The molecule has 1 unspecified atom stereocenters. The summed E-state index contributed by atoms with van der Waals surface area (Å²) in [6.45, 7) is 8.48. The van der Waals surface area contributed by atoms with Crippen molar-refractivity contribution in [3.63, 3.8) is 0 Å². The zero-order valence-electron chi connectivity index (χ0n) is 9.90. The number of likely N-dealkylation sites (tertiary alicyclic amines) is 1. The maximum Gasteiger partial charge on any atom is 0.0897 e. The monoisotopic (exact) mass is 261 g/mol. The molecule has 0 bridgehead atoms. The molecule has 0 aliphatic carbocycles. The van der Waals surface area contributed by atoms with Gasteiger partial charge in [-0.05, 0) is 31.8 Å². The van der Waals surface area contributed by atoms with E-state index in [0.717, 1.165) is 24.6 Å². The van der Waals surface area contributed by atoms with Crippen LogP contribution in [-0.2, 0) is 6.54 Å². The summed E-state index contributed by atoms with van der Waals surface area (Å²) in [4.78, 5) is 8.14. The molecule has 1 saturated heterocycles. The highest BCUT2D eigenvalue weighted by molar-refractivity contribution is 7.11. The number of hydrogen-bond donors (Lipinski definition) is 1. The zero-order valence-corrected chi connectivity index (χ0v) is 11.5. The summed E-state index contributed by atoms with van der Waals surface area (Å²) in [6, 6.07) is 0. The van der Waals surface area contributed by atoms with Gasteiger partial charge in [0.25, 0.3) is 0 Å². The van der Waals surface area contributed by atoms with E-state index in [0.29, 0.717) is 5.41 Å². The van der Waals surface area contributed by atoms with Crippen LogP contribution in [0.25, 0.3) is 0 Å². The first-order valence-electron chi connectivity index (χ1n) is 5.45. The van der Waals surface area contributed by atoms with Crippen LogP contribution in [-0.4, -0.2) is 29.5 Å². The fourth-order valence-electron chi connectivity index (χ4n) is 2.13. The highest BCUT2D eigenvalue weighted by Gasteiger charge is 2.32. The SMILES string of the molecule is Cc1ncc(CN2CCC(C)(CN)C2)s1.Cl. The van der Waals surface area contributed by atoms with Crippen molar-refractivity contribution in [2.45, 2.75) is 26.8 Å². The number of aromatic nitrogens is 1. The van der Waals surface area contributed by atoms with Gasteiger partial charge >= 0.3 is 0 Å². The average Bonchev–Trinajstić information content (AvgIpc) is 2.76. The number of nitrogens with zero attached hydrogens (tertiary/aromatic N) is 2. The Morgan fingerprint density at radius 2 is 2.38 bits per heavy atom. The van der Waals surface area contributed by atoms with Gasteiger partial charge in [0.1, 0.15) is 0 Å². The maximum absolute atomic E-state index is 5.79. The van der Waals surface area contributed by atoms with E-state index in [2.05, 4.69) is 23.7 Å². The Morgan fingerprint density at radius 3 is 2.88 bits per heavy atom. The van der Waals surface area contributed by atoms with E-state index in [1.165, 1.54) is 17.8 Å². The molecule has 2 N–H and O–H groups in total. The first-order chi connectivity index (χ1) is 7.11. The van der Waals surface area contributed by atoms with Crippen LogP contribution in [0, 0.1) is 12.3 Å². The zero-order chi connectivity index (χ0) is 10.9. The van der Waals surface area contributed by atoms with Crippen molar-refractivity contribution in [2.24, 2.45) is 11.1 Å². The highest BCUT2D eigenvalue weighted by Crippen LogP contribution is 2.30. The molecule has 92 valence electrons. The van der Waals surface area contributed by atoms with Crippen molar-refractivity contribution >= 4 is 23.7 Å². The standard InChI is InChI=1S/C11H19N3S.ClH/c1-9-13-5-10(15-9)6-14-4-3-11(2,7-12)8-14;/h5H,3-4,6-8,12H2,1-2H3;1H. The summed E-state index contributed by atoms with van der Waals surface area (Å²) < 4.78 is 0. The lowest BCUT2D eigenvalue weighted by Gasteiger charge is -2.22. The van der Waals surface area contributed by atoms with Crippen LogP contribution >= 0.6 is 23.7 Å². The van der Waals surface area contributed by atoms with E-state index in [9.17, 15) is 0 Å². The summed E-state index contributed by atoms with van der Waals surface area (Å²) in [7, 11) is 0. The van der Waals surface area contributed by atoms with Crippen molar-refractivity contribution < 1.29 is 0 Å². The van der Waals surface area contributed by atoms with Crippen LogP contribution in [0.3, 0.4) is 0 Å². The molecule has 16 heavy (non-hydrogen) atoms. The predicted octanol–water partition coefficient (Wildman–Crippen LogP) is 2.04. The number of halogens is 1. The topological polar surface area (TPSA) is 42.2 Å². The van der Waals surface area contributed by atoms with Crippen LogP contribution in [0.2, 0.25) is 0 Å². The first-order valence-corrected chi connectivity index (χ1v) is 6.27. The van der Waals surface area contributed by atoms with Gasteiger partial charge in [-0.25, -0.2) is 4.98 Å². The molecule has 0 radical (unpaired) electrons. The lowest BCUT2D eigenvalue weighted by molar-refractivity contribution is 0.276. The number of hydrogen-bond acceptors (Lipinski definition) is 4. The van der Waals surface area contributed by atoms with Gasteiger partial charge < -0.3 is 5.73 Å². The summed E-state index contributed by atoms with van der Waals surface area (Å²) in [6.07, 6.45) is 3.22. The van der Waals surface area contributed by atoms with Gasteiger partial charge in [0.05, 0.1) is 5.01 Å². The largest absolute Gasteiger partial charge is 0.330 e. The van der Waals surface area contributed by atoms with Gasteiger partial charge in [0.15, 0.2) is 0 Å². The van der Waals surface area contributed by atoms with Gasteiger partial charge in [-0.1, -0.05) is 6.92 Å². The van der Waals surface area contributed by atoms with Gasteiger partial charge in [0, 0.05) is 24.2 Å². The Bertz CT molecular complexity index is 342. The van der Waals surface area contributed by atoms with Crippen molar-refractivity contribution in [1.82, 2.24) is 9.88 Å². The number of nitrogens with two attached hydrogens (primary N) is 1. The number of thiazole rings is 1. The third-order valence-corrected chi connectivity index (χ3v) is 4.08. The summed E-state index contributed by atoms with van der Waals surface area (Å²) in [5.74, 6) is 0. The second-order valence-corrected chi connectivity index (χ2v) is 6.14. The van der Waals surface area contributed by atoms with E-state index in [4.69, 9.17) is 5.73 Å². The Kier molecular flexibility index (Phi) is 4.73. The molecular weight excluding hydrogens is 242 g/mol. The Morgan fingerprint density at radius 1 is 1.62 bits per heavy atom. The molecule has 1 aromatic heterocycles. The minimum atomic E-state index is 0. The van der Waals surface area contributed by atoms with Gasteiger partial charge in [-0.3, -0.25) is 4.90 Å². The molecule has 0 saturated carbocycles. The van der Waals surface area contributed by atoms with E-state index >= 15 is 0 Å². The van der Waals surface area contributed by atoms with Crippen LogP contribution in [0.1, 0.15) is 23.2 Å². The molecule has 1 aliphatic rings. The lowest BCUT2D eigenvalue weighted by Crippen LogP contribution is -2.30. The minimum Gasteiger partial charge on any atom is -0.330 e. The van der Waals surface area contributed by atoms with Crippen LogP contribution < -0.4 is 5.73 Å². The summed E-state index contributed by atoms with van der Waals surface area (Å²) in [5.41, 5.74) is 6.12. The smallest absolute Gasteiger partial charge is 0.0897 e. The fourth-order valence-corrected chi connectivity index (χ4v) is 2.96. The average molecular weight is 262 g/mol. The van der Waals surface area contributed by atoms with Crippen molar-refractivity contribution in [3.05, 3.63) is 16.1 Å². The molecule has 1 aromatic rings. The van der Waals surface area contributed by atoms with Crippen molar-refractivity contribution in [1.29, 1.82) is 0 Å². The van der Waals surface area contributed by atoms with Crippen LogP contribution in [0.5, 0.6) is 0 Å². The third kappa shape index (κ3) is 3.17. The van der Waals surface area contributed by atoms with Crippen molar-refractivity contribution in [3.8, 4) is 0 Å². The Balaban J connectivity index is 0.00000128. The van der Waals surface area contributed by atoms with Gasteiger partial charge in [-0.2, -0.15) is 0 Å².